The van der Waals surface area contributed by atoms with Crippen LogP contribution in [-0.2, 0) is 0 Å². The van der Waals surface area contributed by atoms with Gasteiger partial charge in [-0.3, -0.25) is 0 Å². The van der Waals surface area contributed by atoms with Crippen LogP contribution in [0.2, 0.25) is 0 Å². The lowest BCUT2D eigenvalue weighted by Gasteiger charge is -2.20. The van der Waals surface area contributed by atoms with E-state index in [1.54, 1.807) is 11.3 Å². The zero-order chi connectivity index (χ0) is 12.1. The normalized spacial score (nSPS) is 17.1. The van der Waals surface area contributed by atoms with Crippen molar-refractivity contribution in [3.05, 3.63) is 20.8 Å². The van der Waals surface area contributed by atoms with E-state index in [4.69, 9.17) is 0 Å². The minimum absolute atomic E-state index is 0.258. The summed E-state index contributed by atoms with van der Waals surface area (Å²) in [6, 6.07) is 2.34. The molecule has 0 aliphatic rings. The Morgan fingerprint density at radius 2 is 2.19 bits per heavy atom. The third-order valence-electron chi connectivity index (χ3n) is 2.97. The molecule has 0 bridgehead atoms. The van der Waals surface area contributed by atoms with Gasteiger partial charge >= 0.3 is 0 Å². The summed E-state index contributed by atoms with van der Waals surface area (Å²) in [5, 5.41) is 15.3. The van der Waals surface area contributed by atoms with Crippen molar-refractivity contribution in [3.8, 4) is 0 Å². The maximum atomic E-state index is 9.86. The lowest BCUT2D eigenvalue weighted by Crippen LogP contribution is -2.32. The average molecular weight is 306 g/mol. The summed E-state index contributed by atoms with van der Waals surface area (Å²) in [4.78, 5) is 1.29. The van der Waals surface area contributed by atoms with Crippen LogP contribution >= 0.6 is 27.3 Å². The van der Waals surface area contributed by atoms with E-state index < -0.39 is 0 Å². The molecule has 4 heteroatoms. The molecule has 1 aromatic rings. The van der Waals surface area contributed by atoms with Crippen molar-refractivity contribution in [2.24, 2.45) is 5.92 Å². The van der Waals surface area contributed by atoms with Gasteiger partial charge in [0.05, 0.1) is 6.10 Å². The zero-order valence-electron chi connectivity index (χ0n) is 10.0. The molecule has 0 aliphatic carbocycles. The van der Waals surface area contributed by atoms with Gasteiger partial charge in [0.1, 0.15) is 0 Å². The van der Waals surface area contributed by atoms with Gasteiger partial charge in [-0.15, -0.1) is 11.3 Å². The van der Waals surface area contributed by atoms with Crippen LogP contribution in [-0.4, -0.2) is 17.8 Å². The molecular formula is C12H20BrNOS. The lowest BCUT2D eigenvalue weighted by molar-refractivity contribution is 0.110. The first-order valence-corrected chi connectivity index (χ1v) is 7.37. The van der Waals surface area contributed by atoms with Crippen LogP contribution in [0.3, 0.4) is 0 Å². The molecule has 16 heavy (non-hydrogen) atoms. The maximum absolute atomic E-state index is 9.86. The van der Waals surface area contributed by atoms with Gasteiger partial charge in [0.15, 0.2) is 0 Å². The highest BCUT2D eigenvalue weighted by molar-refractivity contribution is 9.10. The van der Waals surface area contributed by atoms with E-state index >= 15 is 0 Å². The van der Waals surface area contributed by atoms with Crippen molar-refractivity contribution in [1.29, 1.82) is 0 Å². The molecule has 3 atom stereocenters. The van der Waals surface area contributed by atoms with Gasteiger partial charge in [-0.25, -0.2) is 0 Å². The summed E-state index contributed by atoms with van der Waals surface area (Å²) < 4.78 is 1.15. The molecule has 0 fully saturated rings. The van der Waals surface area contributed by atoms with Gasteiger partial charge in [-0.1, -0.05) is 20.3 Å². The summed E-state index contributed by atoms with van der Waals surface area (Å²) in [5.74, 6) is 0.353. The minimum Gasteiger partial charge on any atom is -0.392 e. The van der Waals surface area contributed by atoms with E-state index in [1.807, 2.05) is 0 Å². The Morgan fingerprint density at radius 1 is 1.50 bits per heavy atom. The smallest absolute Gasteiger partial charge is 0.0690 e. The fourth-order valence-electron chi connectivity index (χ4n) is 1.48. The molecule has 1 aromatic heterocycles. The second-order valence-corrected chi connectivity index (χ2v) is 6.02. The highest BCUT2D eigenvalue weighted by Crippen LogP contribution is 2.28. The minimum atomic E-state index is -0.258. The maximum Gasteiger partial charge on any atom is 0.0690 e. The third-order valence-corrected chi connectivity index (χ3v) is 5.03. The number of hydrogen-bond acceptors (Lipinski definition) is 3. The molecule has 1 heterocycles. The number of aliphatic hydroxyl groups excluding tert-OH is 1. The summed E-state index contributed by atoms with van der Waals surface area (Å²) in [5.41, 5.74) is 0. The Kier molecular flexibility index (Phi) is 5.97. The highest BCUT2D eigenvalue weighted by atomic mass is 79.9. The molecule has 0 saturated heterocycles. The average Bonchev–Trinajstić information content (AvgIpc) is 2.70. The van der Waals surface area contributed by atoms with Crippen LogP contribution in [0.25, 0.3) is 0 Å². The predicted octanol–water partition coefficient (Wildman–Crippen LogP) is 3.57. The van der Waals surface area contributed by atoms with E-state index in [0.717, 1.165) is 10.9 Å². The molecule has 92 valence electrons. The van der Waals surface area contributed by atoms with Gasteiger partial charge < -0.3 is 10.4 Å². The van der Waals surface area contributed by atoms with E-state index in [1.165, 1.54) is 4.88 Å². The third kappa shape index (κ3) is 3.84. The molecule has 2 N–H and O–H groups in total. The van der Waals surface area contributed by atoms with Crippen molar-refractivity contribution in [2.75, 3.05) is 6.54 Å². The fraction of sp³-hybridized carbons (Fsp3) is 0.667. The molecule has 0 saturated carbocycles. The van der Waals surface area contributed by atoms with Crippen molar-refractivity contribution in [1.82, 2.24) is 5.32 Å². The summed E-state index contributed by atoms with van der Waals surface area (Å²) >= 11 is 5.26. The van der Waals surface area contributed by atoms with Gasteiger partial charge in [-0.05, 0) is 40.2 Å². The molecular weight excluding hydrogens is 286 g/mol. The molecule has 3 unspecified atom stereocenters. The second-order valence-electron chi connectivity index (χ2n) is 4.22. The molecule has 0 amide bonds. The molecule has 0 aromatic carbocycles. The summed E-state index contributed by atoms with van der Waals surface area (Å²) in [6.45, 7) is 6.96. The monoisotopic (exact) mass is 305 g/mol. The molecule has 2 nitrogen and oxygen atoms in total. The van der Waals surface area contributed by atoms with Crippen molar-refractivity contribution < 1.29 is 5.11 Å². The Morgan fingerprint density at radius 3 is 2.69 bits per heavy atom. The second kappa shape index (κ2) is 6.74. The van der Waals surface area contributed by atoms with Crippen LogP contribution < -0.4 is 5.32 Å². The van der Waals surface area contributed by atoms with Crippen molar-refractivity contribution in [2.45, 2.75) is 39.3 Å². The van der Waals surface area contributed by atoms with Crippen LogP contribution in [0.1, 0.15) is 38.1 Å². The summed E-state index contributed by atoms with van der Waals surface area (Å²) in [6.07, 6.45) is 0.756. The van der Waals surface area contributed by atoms with E-state index in [2.05, 4.69) is 53.5 Å². The van der Waals surface area contributed by atoms with Gasteiger partial charge in [0, 0.05) is 21.9 Å². The fourth-order valence-corrected chi connectivity index (χ4v) is 3.23. The topological polar surface area (TPSA) is 32.3 Å². The van der Waals surface area contributed by atoms with E-state index in [-0.39, 0.29) is 12.1 Å². The van der Waals surface area contributed by atoms with Crippen LogP contribution in [0.15, 0.2) is 15.9 Å². The standard InChI is InChI=1S/C12H20BrNOS/c1-4-8(2)11(15)7-14-9(3)12-10(13)5-6-16-12/h5-6,8-9,11,14-15H,4,7H2,1-3H3. The first-order valence-electron chi connectivity index (χ1n) is 5.70. The van der Waals surface area contributed by atoms with Crippen molar-refractivity contribution in [3.63, 3.8) is 0 Å². The highest BCUT2D eigenvalue weighted by Gasteiger charge is 2.15. The number of rotatable bonds is 6. The Bertz CT molecular complexity index is 316. The predicted molar refractivity (Wildman–Crippen MR) is 73.9 cm³/mol. The van der Waals surface area contributed by atoms with Gasteiger partial charge in [-0.2, -0.15) is 0 Å². The number of halogens is 1. The van der Waals surface area contributed by atoms with Crippen LogP contribution in [0.4, 0.5) is 0 Å². The molecule has 0 aliphatic heterocycles. The first-order chi connectivity index (χ1) is 7.56. The van der Waals surface area contributed by atoms with Crippen LogP contribution in [0, 0.1) is 5.92 Å². The molecule has 0 spiro atoms. The van der Waals surface area contributed by atoms with E-state index in [0.29, 0.717) is 12.5 Å². The molecule has 0 radical (unpaired) electrons. The number of nitrogens with one attached hydrogen (secondary N) is 1. The number of hydrogen-bond donors (Lipinski definition) is 2. The van der Waals surface area contributed by atoms with Gasteiger partial charge in [0.2, 0.25) is 0 Å². The zero-order valence-corrected chi connectivity index (χ0v) is 12.4. The lowest BCUT2D eigenvalue weighted by atomic mass is 10.0. The summed E-state index contributed by atoms with van der Waals surface area (Å²) in [7, 11) is 0. The largest absolute Gasteiger partial charge is 0.392 e. The SMILES string of the molecule is CCC(C)C(O)CNC(C)c1sccc1Br. The van der Waals surface area contributed by atoms with Crippen LogP contribution in [0.5, 0.6) is 0 Å². The van der Waals surface area contributed by atoms with Crippen molar-refractivity contribution >= 4 is 27.3 Å². The first kappa shape index (κ1) is 14.2. The Balaban J connectivity index is 2.41. The molecule has 1 rings (SSSR count). The van der Waals surface area contributed by atoms with E-state index in [9.17, 15) is 5.11 Å². The Labute approximate surface area is 110 Å². The number of aliphatic hydroxyl groups is 1. The van der Waals surface area contributed by atoms with Gasteiger partial charge in [0.25, 0.3) is 0 Å². The number of thiophene rings is 1. The Hall–Kier alpha value is 0.100. The quantitative estimate of drug-likeness (QED) is 0.842.